The molecule has 1 saturated carbocycles. The Morgan fingerprint density at radius 3 is 2.58 bits per heavy atom. The van der Waals surface area contributed by atoms with Gasteiger partial charge in [-0.3, -0.25) is 4.90 Å². The topological polar surface area (TPSA) is 89.6 Å². The number of aryl methyl sites for hydroxylation is 1. The lowest BCUT2D eigenvalue weighted by Gasteiger charge is -2.46. The number of benzene rings is 1. The number of nitrogen functional groups attached to an aromatic ring is 1. The number of aromatic nitrogens is 3. The average Bonchev–Trinajstić information content (AvgIpc) is 3.45. The second kappa shape index (κ2) is 10.4. The Hall–Kier alpha value is -3.26. The lowest BCUT2D eigenvalue weighted by atomic mass is 9.75. The second-order valence-corrected chi connectivity index (χ2v) is 13.2. The molecule has 5 heterocycles. The van der Waals surface area contributed by atoms with Crippen molar-refractivity contribution in [2.45, 2.75) is 75.1 Å². The molecule has 1 spiro atoms. The van der Waals surface area contributed by atoms with E-state index in [0.717, 1.165) is 19.0 Å². The predicted molar refractivity (Wildman–Crippen MR) is 156 cm³/mol. The molecule has 4 aliphatic rings. The summed E-state index contributed by atoms with van der Waals surface area (Å²) >= 11 is 6.79. The van der Waals surface area contributed by atoms with Gasteiger partial charge in [-0.05, 0) is 37.9 Å². The van der Waals surface area contributed by atoms with Gasteiger partial charge in [0.1, 0.15) is 41.7 Å². The number of nitrogens with zero attached hydrogens (tertiary/aromatic N) is 5. The van der Waals surface area contributed by atoms with Crippen molar-refractivity contribution in [3.8, 4) is 23.0 Å². The summed E-state index contributed by atoms with van der Waals surface area (Å²) in [5.41, 5.74) is 0.838. The maximum Gasteiger partial charge on any atom is 0.418 e. The smallest absolute Gasteiger partial charge is 0.418 e. The van der Waals surface area contributed by atoms with Crippen molar-refractivity contribution in [1.29, 1.82) is 0 Å². The highest BCUT2D eigenvalue weighted by molar-refractivity contribution is 6.36. The zero-order valence-electron chi connectivity index (χ0n) is 24.6. The van der Waals surface area contributed by atoms with Crippen molar-refractivity contribution >= 4 is 34.1 Å². The minimum absolute atomic E-state index is 0.0111. The molecule has 3 aliphatic heterocycles. The van der Waals surface area contributed by atoms with Crippen molar-refractivity contribution in [3.63, 3.8) is 0 Å². The van der Waals surface area contributed by atoms with Crippen LogP contribution in [0.25, 0.3) is 22.2 Å². The molecule has 3 aromatic rings. The van der Waals surface area contributed by atoms with E-state index in [1.807, 2.05) is 4.90 Å². The fraction of sp³-hybridized carbons (Fsp3) is 0.567. The van der Waals surface area contributed by atoms with E-state index >= 15 is 4.39 Å². The van der Waals surface area contributed by atoms with Gasteiger partial charge in [0.05, 0.1) is 32.8 Å². The van der Waals surface area contributed by atoms with Crippen LogP contribution in [0.3, 0.4) is 0 Å². The first-order valence-electron chi connectivity index (χ1n) is 14.8. The standard InChI is InChI=1S/C30H31ClF6N6O2/c1-14-8-17(38)39-23(20(14)30(35,36)37)18-21(31)25-19-24(22(18)34)40-27(44-13-28-4-3-6-43(28)12-16(33)9-28)41-26(19)42(2)7-5-29(45-25)10-15(32)11-29/h8,15-16H,3-7,9-13H2,1-2H3,(H2,38,39)/t15?,16-,28+,29?/m1/s1. The predicted octanol–water partition coefficient (Wildman–Crippen LogP) is 6.44. The van der Waals surface area contributed by atoms with E-state index in [0.29, 0.717) is 25.9 Å². The molecule has 15 heteroatoms. The molecule has 1 aliphatic carbocycles. The first-order chi connectivity index (χ1) is 21.2. The number of rotatable bonds is 4. The molecule has 2 aromatic heterocycles. The number of fused-ring (bicyclic) bond motifs is 1. The number of ether oxygens (including phenoxy) is 2. The van der Waals surface area contributed by atoms with Crippen molar-refractivity contribution in [3.05, 3.63) is 28.0 Å². The normalized spacial score (nSPS) is 28.2. The molecular weight excluding hydrogens is 626 g/mol. The molecule has 0 radical (unpaired) electrons. The number of halogens is 7. The molecule has 0 bridgehead atoms. The summed E-state index contributed by atoms with van der Waals surface area (Å²) in [4.78, 5) is 16.6. The molecule has 45 heavy (non-hydrogen) atoms. The summed E-state index contributed by atoms with van der Waals surface area (Å²) in [5, 5.41) is -0.476. The highest BCUT2D eigenvalue weighted by Gasteiger charge is 2.51. The molecule has 242 valence electrons. The van der Waals surface area contributed by atoms with Crippen molar-refractivity contribution in [2.75, 3.05) is 43.9 Å². The summed E-state index contributed by atoms with van der Waals surface area (Å²) in [6, 6.07) is 0.805. The number of pyridine rings is 1. The number of nitrogens with two attached hydrogens (primary N) is 1. The largest absolute Gasteiger partial charge is 0.485 e. The van der Waals surface area contributed by atoms with Crippen LogP contribution in [0.1, 0.15) is 49.7 Å². The van der Waals surface area contributed by atoms with E-state index in [2.05, 4.69) is 15.0 Å². The molecule has 2 N–H and O–H groups in total. The lowest BCUT2D eigenvalue weighted by molar-refractivity contribution is -0.137. The summed E-state index contributed by atoms with van der Waals surface area (Å²) in [6.07, 6.45) is -4.84. The Bertz CT molecular complexity index is 1700. The highest BCUT2D eigenvalue weighted by atomic mass is 35.5. The molecule has 0 amide bonds. The van der Waals surface area contributed by atoms with E-state index in [1.54, 1.807) is 11.9 Å². The van der Waals surface area contributed by atoms with Crippen LogP contribution in [-0.4, -0.2) is 76.6 Å². The van der Waals surface area contributed by atoms with Gasteiger partial charge in [0, 0.05) is 45.8 Å². The lowest BCUT2D eigenvalue weighted by Crippen LogP contribution is -2.52. The summed E-state index contributed by atoms with van der Waals surface area (Å²) in [5.74, 6) is -1.48. The van der Waals surface area contributed by atoms with Gasteiger partial charge in [0.15, 0.2) is 11.6 Å². The minimum atomic E-state index is -4.94. The van der Waals surface area contributed by atoms with Crippen molar-refractivity contribution in [2.24, 2.45) is 0 Å². The maximum absolute atomic E-state index is 16.8. The van der Waals surface area contributed by atoms with E-state index in [4.69, 9.17) is 26.8 Å². The van der Waals surface area contributed by atoms with Crippen molar-refractivity contribution in [1.82, 2.24) is 19.9 Å². The molecule has 3 fully saturated rings. The molecular formula is C30H31ClF6N6O2. The van der Waals surface area contributed by atoms with Crippen LogP contribution in [0.5, 0.6) is 11.8 Å². The molecule has 2 saturated heterocycles. The third-order valence-corrected chi connectivity index (χ3v) is 10.1. The average molecular weight is 657 g/mol. The number of anilines is 2. The van der Waals surface area contributed by atoms with Crippen LogP contribution < -0.4 is 20.1 Å². The molecule has 8 nitrogen and oxygen atoms in total. The SMILES string of the molecule is Cc1cc(N)nc(-c2c(Cl)c3c4c(nc(OC[C@@]56CCCN5C[C@H](F)C6)nc4c2F)N(C)CCC2(CC(F)C2)O3)c1C(F)(F)F. The highest BCUT2D eigenvalue weighted by Crippen LogP contribution is 2.53. The zero-order valence-corrected chi connectivity index (χ0v) is 25.3. The van der Waals surface area contributed by atoms with Gasteiger partial charge in [0.2, 0.25) is 0 Å². The van der Waals surface area contributed by atoms with Crippen LogP contribution in [0, 0.1) is 12.7 Å². The maximum atomic E-state index is 16.8. The van der Waals surface area contributed by atoms with Gasteiger partial charge >= 0.3 is 12.2 Å². The fourth-order valence-corrected chi connectivity index (χ4v) is 7.85. The third kappa shape index (κ3) is 4.90. The summed E-state index contributed by atoms with van der Waals surface area (Å²) in [6.45, 7) is 2.60. The molecule has 2 atom stereocenters. The Morgan fingerprint density at radius 2 is 1.87 bits per heavy atom. The van der Waals surface area contributed by atoms with Gasteiger partial charge in [-0.2, -0.15) is 23.1 Å². The summed E-state index contributed by atoms with van der Waals surface area (Å²) < 4.78 is 101. The van der Waals surface area contributed by atoms with Gasteiger partial charge in [0.25, 0.3) is 0 Å². The Balaban J connectivity index is 1.45. The Kier molecular flexibility index (Phi) is 7.01. The number of hydrogen-bond donors (Lipinski definition) is 1. The first-order valence-corrected chi connectivity index (χ1v) is 15.2. The van der Waals surface area contributed by atoms with Crippen LogP contribution in [0.2, 0.25) is 5.02 Å². The Morgan fingerprint density at radius 1 is 1.11 bits per heavy atom. The summed E-state index contributed by atoms with van der Waals surface area (Å²) in [7, 11) is 1.70. The number of alkyl halides is 5. The van der Waals surface area contributed by atoms with Gasteiger partial charge in [-0.25, -0.2) is 18.2 Å². The van der Waals surface area contributed by atoms with E-state index in [9.17, 15) is 22.0 Å². The Labute approximate surface area is 259 Å². The van der Waals surface area contributed by atoms with E-state index in [-0.39, 0.29) is 60.2 Å². The quantitative estimate of drug-likeness (QED) is 0.321. The van der Waals surface area contributed by atoms with Crippen LogP contribution in [0.15, 0.2) is 6.07 Å². The number of hydrogen-bond acceptors (Lipinski definition) is 8. The van der Waals surface area contributed by atoms with E-state index < -0.39 is 62.8 Å². The minimum Gasteiger partial charge on any atom is -0.485 e. The van der Waals surface area contributed by atoms with Gasteiger partial charge in [-0.15, -0.1) is 0 Å². The fourth-order valence-electron chi connectivity index (χ4n) is 7.54. The third-order valence-electron chi connectivity index (χ3n) is 9.70. The molecule has 0 unspecified atom stereocenters. The van der Waals surface area contributed by atoms with Gasteiger partial charge in [-0.1, -0.05) is 11.6 Å². The van der Waals surface area contributed by atoms with E-state index in [1.165, 1.54) is 6.92 Å². The van der Waals surface area contributed by atoms with Crippen LogP contribution in [0.4, 0.5) is 38.0 Å². The van der Waals surface area contributed by atoms with Crippen molar-refractivity contribution < 1.29 is 35.8 Å². The van der Waals surface area contributed by atoms with Gasteiger partial charge < -0.3 is 20.1 Å². The molecule has 1 aromatic carbocycles. The zero-order chi connectivity index (χ0) is 32.1. The van der Waals surface area contributed by atoms with Crippen LogP contribution in [-0.2, 0) is 6.18 Å². The monoisotopic (exact) mass is 656 g/mol. The second-order valence-electron chi connectivity index (χ2n) is 12.8. The first kappa shape index (κ1) is 30.4. The molecule has 7 rings (SSSR count). The van der Waals surface area contributed by atoms with Crippen LogP contribution >= 0.6 is 11.6 Å².